The van der Waals surface area contributed by atoms with Gasteiger partial charge in [0.2, 0.25) is 0 Å². The summed E-state index contributed by atoms with van der Waals surface area (Å²) in [7, 11) is 0. The van der Waals surface area contributed by atoms with Crippen molar-refractivity contribution in [3.63, 3.8) is 0 Å². The van der Waals surface area contributed by atoms with E-state index in [0.29, 0.717) is 18.5 Å². The Kier molecular flexibility index (Phi) is 8.50. The monoisotopic (exact) mass is 410 g/mol. The number of benzene rings is 1. The van der Waals surface area contributed by atoms with Crippen molar-refractivity contribution in [2.45, 2.75) is 13.0 Å². The highest BCUT2D eigenvalue weighted by molar-refractivity contribution is 8.24. The van der Waals surface area contributed by atoms with Crippen LogP contribution < -0.4 is 0 Å². The van der Waals surface area contributed by atoms with Crippen molar-refractivity contribution in [2.24, 2.45) is 0 Å². The van der Waals surface area contributed by atoms with E-state index >= 15 is 0 Å². The molecular formula is C14H14Cl3N2O4P. The molecule has 0 aliphatic rings. The van der Waals surface area contributed by atoms with E-state index in [1.807, 2.05) is 30.3 Å². The fourth-order valence-corrected chi connectivity index (χ4v) is 1.81. The van der Waals surface area contributed by atoms with E-state index in [9.17, 15) is 14.2 Å². The summed E-state index contributed by atoms with van der Waals surface area (Å²) in [5.41, 5.74) is 1.19. The summed E-state index contributed by atoms with van der Waals surface area (Å²) in [6.07, 6.45) is 3.64. The highest BCUT2D eigenvalue weighted by atomic mass is 36.0. The van der Waals surface area contributed by atoms with Crippen LogP contribution in [0.25, 0.3) is 0 Å². The molecule has 2 rings (SSSR count). The molecule has 0 aliphatic carbocycles. The maximum atomic E-state index is 12.1. The third-order valence-corrected chi connectivity index (χ3v) is 2.65. The first-order chi connectivity index (χ1) is 11.3. The summed E-state index contributed by atoms with van der Waals surface area (Å²) in [5, 5.41) is 0.829. The quantitative estimate of drug-likeness (QED) is 0.406. The van der Waals surface area contributed by atoms with Gasteiger partial charge in [0, 0.05) is 6.20 Å². The molecule has 6 nitrogen and oxygen atoms in total. The Morgan fingerprint density at radius 1 is 1.33 bits per heavy atom. The second-order valence-corrected chi connectivity index (χ2v) is 11.0. The maximum absolute atomic E-state index is 12.1. The molecule has 1 atom stereocenters. The number of nitrogens with zero attached hydrogens (tertiary/aromatic N) is 2. The van der Waals surface area contributed by atoms with Crippen LogP contribution in [0.15, 0.2) is 42.7 Å². The molecule has 1 aromatic carbocycles. The van der Waals surface area contributed by atoms with Crippen LogP contribution in [0.2, 0.25) is 0 Å². The van der Waals surface area contributed by atoms with Gasteiger partial charge in [-0.3, -0.25) is 14.0 Å². The lowest BCUT2D eigenvalue weighted by molar-refractivity contribution is -0.146. The smallest absolute Gasteiger partial charge is 0.339 e. The molecule has 0 radical (unpaired) electrons. The van der Waals surface area contributed by atoms with Gasteiger partial charge >= 0.3 is 11.2 Å². The average molecular weight is 412 g/mol. The van der Waals surface area contributed by atoms with Crippen LogP contribution in [0.5, 0.6) is 0 Å². The summed E-state index contributed by atoms with van der Waals surface area (Å²) in [4.78, 5) is 22.8. The second-order valence-electron chi connectivity index (χ2n) is 4.34. The van der Waals surface area contributed by atoms with Gasteiger partial charge in [-0.15, -0.1) is 0 Å². The van der Waals surface area contributed by atoms with Gasteiger partial charge in [-0.1, -0.05) is 30.3 Å². The first-order valence-electron chi connectivity index (χ1n) is 6.66. The number of hydrogen-bond donors (Lipinski definition) is 0. The number of carbonyl (C=O) groups is 2. The van der Waals surface area contributed by atoms with Crippen molar-refractivity contribution in [2.75, 3.05) is 6.61 Å². The summed E-state index contributed by atoms with van der Waals surface area (Å²) in [6, 6.07) is 8.52. The first-order valence-corrected chi connectivity index (χ1v) is 11.1. The predicted octanol–water partition coefficient (Wildman–Crippen LogP) is 4.66. The van der Waals surface area contributed by atoms with Gasteiger partial charge in [0.15, 0.2) is 12.3 Å². The maximum Gasteiger partial charge on any atom is 0.339 e. The van der Waals surface area contributed by atoms with Gasteiger partial charge < -0.3 is 4.74 Å². The molecule has 0 fully saturated rings. The number of hydrogen-bond acceptors (Lipinski definition) is 5. The van der Waals surface area contributed by atoms with Crippen molar-refractivity contribution in [3.8, 4) is 0 Å². The number of aldehydes is 1. The van der Waals surface area contributed by atoms with Crippen molar-refractivity contribution in [3.05, 3.63) is 53.9 Å². The standard InChI is InChI=1S/C14H14N2O3.Cl3OP/c1-2-19-14(18)13(12-6-4-3-5-7-12)16-9-11(10-17)8-15-16;1-5(2,3)4/h3-10,13H,2H2,1H3;. The molecule has 0 bridgehead atoms. The summed E-state index contributed by atoms with van der Waals surface area (Å²) < 4.78 is 16.0. The second kappa shape index (κ2) is 9.84. The number of ether oxygens (including phenoxy) is 1. The first kappa shape index (κ1) is 20.7. The molecule has 0 spiro atoms. The van der Waals surface area contributed by atoms with Crippen LogP contribution in [0, 0.1) is 0 Å². The van der Waals surface area contributed by atoms with Crippen LogP contribution in [0.4, 0.5) is 0 Å². The molecule has 10 heteroatoms. The molecule has 1 heterocycles. The fourth-order valence-electron chi connectivity index (χ4n) is 1.81. The minimum Gasteiger partial charge on any atom is -0.464 e. The van der Waals surface area contributed by atoms with Gasteiger partial charge in [-0.2, -0.15) is 5.10 Å². The van der Waals surface area contributed by atoms with E-state index in [-0.39, 0.29) is 0 Å². The van der Waals surface area contributed by atoms with Crippen molar-refractivity contribution in [1.29, 1.82) is 0 Å². The summed E-state index contributed by atoms with van der Waals surface area (Å²) in [5.74, 6) is -0.394. The SMILES string of the molecule is CCOC(=O)C(c1ccccc1)n1cc(C=O)cn1.O=P(Cl)(Cl)Cl. The molecule has 1 unspecified atom stereocenters. The zero-order valence-electron chi connectivity index (χ0n) is 12.5. The molecule has 0 aliphatic heterocycles. The molecule has 0 N–H and O–H groups in total. The molecule has 1 aromatic heterocycles. The predicted molar refractivity (Wildman–Crippen MR) is 94.0 cm³/mol. The highest BCUT2D eigenvalue weighted by Gasteiger charge is 2.24. The molecule has 2 aromatic rings. The van der Waals surface area contributed by atoms with Crippen molar-refractivity contribution in [1.82, 2.24) is 9.78 Å². The Hall–Kier alpha value is -1.33. The normalized spacial score (nSPS) is 11.8. The van der Waals surface area contributed by atoms with Gasteiger partial charge in [-0.25, -0.2) is 4.79 Å². The average Bonchev–Trinajstić information content (AvgIpc) is 2.96. The third kappa shape index (κ3) is 7.49. The molecule has 0 saturated heterocycles. The van der Waals surface area contributed by atoms with E-state index in [1.165, 1.54) is 17.1 Å². The Bertz CT molecular complexity index is 710. The summed E-state index contributed by atoms with van der Waals surface area (Å²) in [6.45, 7) is 2.05. The highest BCUT2D eigenvalue weighted by Crippen LogP contribution is 2.61. The van der Waals surface area contributed by atoms with Crippen LogP contribution in [-0.2, 0) is 14.1 Å². The van der Waals surface area contributed by atoms with Gasteiger partial charge in [-0.05, 0) is 46.2 Å². The Morgan fingerprint density at radius 2 is 1.92 bits per heavy atom. The number of aromatic nitrogens is 2. The molecule has 0 amide bonds. The lowest BCUT2D eigenvalue weighted by atomic mass is 10.1. The minimum absolute atomic E-state index is 0.296. The zero-order chi connectivity index (χ0) is 18.2. The van der Waals surface area contributed by atoms with Crippen molar-refractivity contribution < 1.29 is 18.9 Å². The largest absolute Gasteiger partial charge is 0.464 e. The lowest BCUT2D eigenvalue weighted by Crippen LogP contribution is -2.23. The molecule has 130 valence electrons. The molecule has 0 saturated carbocycles. The number of rotatable bonds is 5. The van der Waals surface area contributed by atoms with E-state index in [4.69, 9.17) is 4.74 Å². The van der Waals surface area contributed by atoms with Crippen LogP contribution in [-0.4, -0.2) is 28.6 Å². The van der Waals surface area contributed by atoms with E-state index < -0.39 is 17.2 Å². The van der Waals surface area contributed by atoms with Gasteiger partial charge in [0.05, 0.1) is 18.4 Å². The Labute approximate surface area is 153 Å². The third-order valence-electron chi connectivity index (χ3n) is 2.65. The van der Waals surface area contributed by atoms with E-state index in [1.54, 1.807) is 6.92 Å². The summed E-state index contributed by atoms with van der Waals surface area (Å²) >= 11 is 13.8. The van der Waals surface area contributed by atoms with E-state index in [0.717, 1.165) is 5.56 Å². The zero-order valence-corrected chi connectivity index (χ0v) is 15.7. The molecule has 24 heavy (non-hydrogen) atoms. The van der Waals surface area contributed by atoms with Gasteiger partial charge in [0.25, 0.3) is 0 Å². The topological polar surface area (TPSA) is 78.3 Å². The number of esters is 1. The van der Waals surface area contributed by atoms with Crippen LogP contribution in [0.3, 0.4) is 0 Å². The number of carbonyl (C=O) groups excluding carboxylic acids is 2. The van der Waals surface area contributed by atoms with Gasteiger partial charge in [0.1, 0.15) is 0 Å². The minimum atomic E-state index is -3.22. The Morgan fingerprint density at radius 3 is 2.38 bits per heavy atom. The van der Waals surface area contributed by atoms with Crippen LogP contribution >= 0.6 is 38.9 Å². The fraction of sp³-hybridized carbons (Fsp3) is 0.214. The molecular weight excluding hydrogens is 397 g/mol. The number of halogens is 3. The van der Waals surface area contributed by atoms with Crippen LogP contribution in [0.1, 0.15) is 28.9 Å². The Balaban J connectivity index is 0.000000505. The van der Waals surface area contributed by atoms with Crippen molar-refractivity contribution >= 4 is 51.2 Å². The van der Waals surface area contributed by atoms with E-state index in [2.05, 4.69) is 38.8 Å². The lowest BCUT2D eigenvalue weighted by Gasteiger charge is -2.16.